The molecule has 0 bridgehead atoms. The van der Waals surface area contributed by atoms with Gasteiger partial charge in [0.15, 0.2) is 0 Å². The van der Waals surface area contributed by atoms with Gasteiger partial charge in [-0.05, 0) is 40.9 Å². The average Bonchev–Trinajstić information content (AvgIpc) is 2.47. The van der Waals surface area contributed by atoms with Gasteiger partial charge in [-0.3, -0.25) is 4.90 Å². The van der Waals surface area contributed by atoms with Crippen LogP contribution in [0.15, 0.2) is 35.5 Å². The summed E-state index contributed by atoms with van der Waals surface area (Å²) in [6, 6.07) is 4.06. The van der Waals surface area contributed by atoms with Crippen LogP contribution < -0.4 is 4.90 Å². The van der Waals surface area contributed by atoms with Crippen molar-refractivity contribution in [2.75, 3.05) is 37.6 Å². The summed E-state index contributed by atoms with van der Waals surface area (Å²) < 4.78 is 1.00. The monoisotopic (exact) mass is 339 g/mol. The van der Waals surface area contributed by atoms with Crippen molar-refractivity contribution in [3.8, 4) is 0 Å². The number of β-amino-alcohol motifs (C(OH)–C–C–N with tert-alkyl or cyclic N) is 1. The van der Waals surface area contributed by atoms with E-state index in [-0.39, 0.29) is 6.10 Å². The molecular formula is C15H22BrN3O. The molecule has 2 rings (SSSR count). The molecule has 1 saturated heterocycles. The molecule has 0 saturated carbocycles. The molecule has 110 valence electrons. The van der Waals surface area contributed by atoms with Gasteiger partial charge in [-0.25, -0.2) is 4.98 Å². The highest BCUT2D eigenvalue weighted by Crippen LogP contribution is 2.16. The van der Waals surface area contributed by atoms with E-state index in [1.165, 1.54) is 0 Å². The van der Waals surface area contributed by atoms with Gasteiger partial charge in [0.1, 0.15) is 5.82 Å². The molecule has 2 heterocycles. The molecule has 20 heavy (non-hydrogen) atoms. The highest BCUT2D eigenvalue weighted by atomic mass is 79.9. The second-order valence-corrected chi connectivity index (χ2v) is 6.06. The van der Waals surface area contributed by atoms with E-state index in [1.807, 2.05) is 24.4 Å². The zero-order valence-electron chi connectivity index (χ0n) is 11.7. The molecular weight excluding hydrogens is 318 g/mol. The molecule has 0 spiro atoms. The number of aliphatic hydroxyl groups is 1. The first-order chi connectivity index (χ1) is 9.69. The Morgan fingerprint density at radius 1 is 1.35 bits per heavy atom. The number of aromatic nitrogens is 1. The largest absolute Gasteiger partial charge is 0.392 e. The third-order valence-electron chi connectivity index (χ3n) is 3.58. The number of anilines is 1. The van der Waals surface area contributed by atoms with E-state index in [9.17, 15) is 5.11 Å². The van der Waals surface area contributed by atoms with Gasteiger partial charge in [0, 0.05) is 43.4 Å². The smallest absolute Gasteiger partial charge is 0.128 e. The van der Waals surface area contributed by atoms with Crippen LogP contribution in [0, 0.1) is 0 Å². The summed E-state index contributed by atoms with van der Waals surface area (Å²) in [7, 11) is 0. The van der Waals surface area contributed by atoms with Crippen molar-refractivity contribution in [3.63, 3.8) is 0 Å². The Hall–Kier alpha value is -0.910. The molecule has 0 radical (unpaired) electrons. The molecule has 4 nitrogen and oxygen atoms in total. The van der Waals surface area contributed by atoms with Gasteiger partial charge in [-0.1, -0.05) is 6.08 Å². The lowest BCUT2D eigenvalue weighted by atomic mass is 10.1. The minimum Gasteiger partial charge on any atom is -0.392 e. The van der Waals surface area contributed by atoms with Crippen LogP contribution in [0.4, 0.5) is 5.82 Å². The predicted octanol–water partition coefficient (Wildman–Crippen LogP) is 2.29. The van der Waals surface area contributed by atoms with Crippen LogP contribution in [-0.2, 0) is 0 Å². The standard InChI is InChI=1S/C15H22BrN3O/c1-2-3-4-14(20)12-18-7-9-19(10-8-18)15-6-5-13(16)11-17-15/h2,5-6,11,14,20H,1,3-4,7-10,12H2. The Kier molecular flexibility index (Phi) is 6.01. The number of aliphatic hydroxyl groups excluding tert-OH is 1. The van der Waals surface area contributed by atoms with E-state index in [4.69, 9.17) is 0 Å². The lowest BCUT2D eigenvalue weighted by molar-refractivity contribution is 0.103. The molecule has 1 atom stereocenters. The van der Waals surface area contributed by atoms with Gasteiger partial charge in [0.05, 0.1) is 6.10 Å². The molecule has 1 aromatic rings. The van der Waals surface area contributed by atoms with E-state index in [0.29, 0.717) is 0 Å². The van der Waals surface area contributed by atoms with E-state index in [2.05, 4.69) is 37.3 Å². The van der Waals surface area contributed by atoms with Gasteiger partial charge in [0.2, 0.25) is 0 Å². The first kappa shape index (κ1) is 15.5. The third-order valence-corrected chi connectivity index (χ3v) is 4.05. The normalized spacial score (nSPS) is 18.0. The number of piperazine rings is 1. The second-order valence-electron chi connectivity index (χ2n) is 5.14. The highest BCUT2D eigenvalue weighted by molar-refractivity contribution is 9.10. The minimum atomic E-state index is -0.245. The lowest BCUT2D eigenvalue weighted by Gasteiger charge is -2.36. The Labute approximate surface area is 129 Å². The summed E-state index contributed by atoms with van der Waals surface area (Å²) in [6.07, 6.45) is 5.13. The minimum absolute atomic E-state index is 0.245. The van der Waals surface area contributed by atoms with Crippen molar-refractivity contribution in [2.45, 2.75) is 18.9 Å². The molecule has 0 aromatic carbocycles. The summed E-state index contributed by atoms with van der Waals surface area (Å²) >= 11 is 3.40. The van der Waals surface area contributed by atoms with Crippen molar-refractivity contribution < 1.29 is 5.11 Å². The van der Waals surface area contributed by atoms with Crippen LogP contribution in [0.25, 0.3) is 0 Å². The number of hydrogen-bond acceptors (Lipinski definition) is 4. The Morgan fingerprint density at radius 2 is 2.10 bits per heavy atom. The molecule has 1 aliphatic heterocycles. The molecule has 1 aromatic heterocycles. The van der Waals surface area contributed by atoms with Gasteiger partial charge in [-0.2, -0.15) is 0 Å². The van der Waals surface area contributed by atoms with E-state index >= 15 is 0 Å². The van der Waals surface area contributed by atoms with E-state index < -0.39 is 0 Å². The fourth-order valence-corrected chi connectivity index (χ4v) is 2.65. The maximum absolute atomic E-state index is 9.93. The predicted molar refractivity (Wildman–Crippen MR) is 86.0 cm³/mol. The molecule has 1 aliphatic rings. The zero-order chi connectivity index (χ0) is 14.4. The summed E-state index contributed by atoms with van der Waals surface area (Å²) in [5.74, 6) is 1.03. The first-order valence-electron chi connectivity index (χ1n) is 7.07. The van der Waals surface area contributed by atoms with Crippen molar-refractivity contribution in [3.05, 3.63) is 35.5 Å². The zero-order valence-corrected chi connectivity index (χ0v) is 13.3. The maximum Gasteiger partial charge on any atom is 0.128 e. The van der Waals surface area contributed by atoms with Crippen LogP contribution in [0.1, 0.15) is 12.8 Å². The van der Waals surface area contributed by atoms with Gasteiger partial charge >= 0.3 is 0 Å². The maximum atomic E-state index is 9.93. The third kappa shape index (κ3) is 4.58. The van der Waals surface area contributed by atoms with Crippen LogP contribution in [0.5, 0.6) is 0 Å². The molecule has 1 N–H and O–H groups in total. The van der Waals surface area contributed by atoms with Crippen molar-refractivity contribution in [2.24, 2.45) is 0 Å². The highest BCUT2D eigenvalue weighted by Gasteiger charge is 2.19. The van der Waals surface area contributed by atoms with Crippen molar-refractivity contribution >= 4 is 21.7 Å². The molecule has 0 amide bonds. The lowest BCUT2D eigenvalue weighted by Crippen LogP contribution is -2.48. The number of rotatable bonds is 6. The van der Waals surface area contributed by atoms with Crippen molar-refractivity contribution in [1.82, 2.24) is 9.88 Å². The number of halogens is 1. The second kappa shape index (κ2) is 7.76. The SMILES string of the molecule is C=CCCC(O)CN1CCN(c2ccc(Br)cn2)CC1. The van der Waals surface area contributed by atoms with Crippen molar-refractivity contribution in [1.29, 1.82) is 0 Å². The average molecular weight is 340 g/mol. The van der Waals surface area contributed by atoms with E-state index in [0.717, 1.165) is 55.9 Å². The van der Waals surface area contributed by atoms with Gasteiger partial charge in [0.25, 0.3) is 0 Å². The summed E-state index contributed by atoms with van der Waals surface area (Å²) in [4.78, 5) is 9.04. The van der Waals surface area contributed by atoms with E-state index in [1.54, 1.807) is 0 Å². The molecule has 0 aliphatic carbocycles. The van der Waals surface area contributed by atoms with Gasteiger partial charge in [-0.15, -0.1) is 6.58 Å². The number of nitrogens with zero attached hydrogens (tertiary/aromatic N) is 3. The number of pyridine rings is 1. The number of hydrogen-bond donors (Lipinski definition) is 1. The topological polar surface area (TPSA) is 39.6 Å². The summed E-state index contributed by atoms with van der Waals surface area (Å²) in [6.45, 7) is 8.32. The van der Waals surface area contributed by atoms with Crippen LogP contribution >= 0.6 is 15.9 Å². The molecule has 5 heteroatoms. The summed E-state index contributed by atoms with van der Waals surface area (Å²) in [5, 5.41) is 9.93. The molecule has 1 unspecified atom stereocenters. The fourth-order valence-electron chi connectivity index (χ4n) is 2.41. The molecule has 1 fully saturated rings. The summed E-state index contributed by atoms with van der Waals surface area (Å²) in [5.41, 5.74) is 0. The first-order valence-corrected chi connectivity index (χ1v) is 7.86. The number of allylic oxidation sites excluding steroid dienone is 1. The Morgan fingerprint density at radius 3 is 2.70 bits per heavy atom. The Bertz CT molecular complexity index is 416. The van der Waals surface area contributed by atoms with Gasteiger partial charge < -0.3 is 10.0 Å². The Balaban J connectivity index is 1.77. The quantitative estimate of drug-likeness (QED) is 0.807. The van der Waals surface area contributed by atoms with Crippen LogP contribution in [0.3, 0.4) is 0 Å². The van der Waals surface area contributed by atoms with Crippen LogP contribution in [0.2, 0.25) is 0 Å². The fraction of sp³-hybridized carbons (Fsp3) is 0.533. The van der Waals surface area contributed by atoms with Crippen LogP contribution in [-0.4, -0.2) is 53.8 Å².